The molecule has 0 saturated carbocycles. The van der Waals surface area contributed by atoms with Crippen LogP contribution in [0.4, 0.5) is 5.69 Å². The normalized spacial score (nSPS) is 11.2. The molecular weight excluding hydrogens is 459 g/mol. The summed E-state index contributed by atoms with van der Waals surface area (Å²) < 4.78 is 33.2. The molecule has 0 radical (unpaired) electrons. The van der Waals surface area contributed by atoms with Crippen LogP contribution >= 0.6 is 23.2 Å². The van der Waals surface area contributed by atoms with Crippen LogP contribution in [-0.4, -0.2) is 20.9 Å². The molecule has 0 unspecified atom stereocenters. The second-order valence-corrected chi connectivity index (χ2v) is 9.37. The number of carbonyl (C=O) groups excluding carboxylic acids is 1. The van der Waals surface area contributed by atoms with Crippen LogP contribution in [0.15, 0.2) is 71.6 Å². The summed E-state index contributed by atoms with van der Waals surface area (Å²) in [5.41, 5.74) is 1.89. The zero-order chi connectivity index (χ0) is 22.4. The van der Waals surface area contributed by atoms with Gasteiger partial charge in [0.1, 0.15) is 5.75 Å². The van der Waals surface area contributed by atoms with E-state index in [1.807, 2.05) is 30.3 Å². The molecule has 0 fully saturated rings. The van der Waals surface area contributed by atoms with Gasteiger partial charge in [-0.05, 0) is 54.4 Å². The van der Waals surface area contributed by atoms with Gasteiger partial charge in [0.25, 0.3) is 5.91 Å². The van der Waals surface area contributed by atoms with Gasteiger partial charge in [0, 0.05) is 22.3 Å². The zero-order valence-corrected chi connectivity index (χ0v) is 18.9. The van der Waals surface area contributed by atoms with E-state index in [1.54, 1.807) is 25.1 Å². The predicted octanol–water partition coefficient (Wildman–Crippen LogP) is 4.80. The quantitative estimate of drug-likeness (QED) is 0.486. The largest absolute Gasteiger partial charge is 0.483 e. The third-order valence-electron chi connectivity index (χ3n) is 4.27. The monoisotopic (exact) mass is 478 g/mol. The number of halogens is 2. The van der Waals surface area contributed by atoms with Crippen molar-refractivity contribution in [1.82, 2.24) is 4.72 Å². The van der Waals surface area contributed by atoms with Crippen LogP contribution in [0.5, 0.6) is 5.75 Å². The molecule has 0 aliphatic rings. The molecule has 0 spiro atoms. The lowest BCUT2D eigenvalue weighted by atomic mass is 10.2. The predicted molar refractivity (Wildman–Crippen MR) is 122 cm³/mol. The standard InChI is InChI=1S/C22H20Cl2N2O4S/c1-15-9-20(31(28,29)25-13-16-5-3-2-4-6-16)7-8-21(15)30-14-22(27)26-19-11-17(23)10-18(24)12-19/h2-12,25H,13-14H2,1H3,(H,26,27). The van der Waals surface area contributed by atoms with Crippen molar-refractivity contribution in [2.24, 2.45) is 0 Å². The molecule has 0 bridgehead atoms. The number of hydrogen-bond donors (Lipinski definition) is 2. The molecule has 31 heavy (non-hydrogen) atoms. The number of anilines is 1. The molecule has 2 N–H and O–H groups in total. The maximum atomic E-state index is 12.6. The minimum atomic E-state index is -3.69. The van der Waals surface area contributed by atoms with Crippen LogP contribution in [0.25, 0.3) is 0 Å². The van der Waals surface area contributed by atoms with Gasteiger partial charge >= 0.3 is 0 Å². The van der Waals surface area contributed by atoms with E-state index in [2.05, 4.69) is 10.0 Å². The number of carbonyl (C=O) groups is 1. The summed E-state index contributed by atoms with van der Waals surface area (Å²) in [6, 6.07) is 18.4. The number of ether oxygens (including phenoxy) is 1. The van der Waals surface area contributed by atoms with Crippen molar-refractivity contribution in [3.8, 4) is 5.75 Å². The average Bonchev–Trinajstić information content (AvgIpc) is 2.71. The maximum Gasteiger partial charge on any atom is 0.262 e. The first-order chi connectivity index (χ1) is 14.7. The minimum absolute atomic E-state index is 0.117. The molecule has 6 nitrogen and oxygen atoms in total. The molecule has 162 valence electrons. The Kier molecular flexibility index (Phi) is 7.56. The van der Waals surface area contributed by atoms with Crippen molar-refractivity contribution in [3.63, 3.8) is 0 Å². The number of nitrogens with one attached hydrogen (secondary N) is 2. The molecule has 0 saturated heterocycles. The summed E-state index contributed by atoms with van der Waals surface area (Å²) in [4.78, 5) is 12.3. The highest BCUT2D eigenvalue weighted by atomic mass is 35.5. The van der Waals surface area contributed by atoms with Gasteiger partial charge in [-0.25, -0.2) is 13.1 Å². The van der Waals surface area contributed by atoms with Crippen LogP contribution < -0.4 is 14.8 Å². The fourth-order valence-electron chi connectivity index (χ4n) is 2.77. The van der Waals surface area contributed by atoms with Crippen LogP contribution in [0.1, 0.15) is 11.1 Å². The van der Waals surface area contributed by atoms with Crippen LogP contribution in [-0.2, 0) is 21.4 Å². The highest BCUT2D eigenvalue weighted by Crippen LogP contribution is 2.24. The summed E-state index contributed by atoms with van der Waals surface area (Å²) in [6.07, 6.45) is 0. The summed E-state index contributed by atoms with van der Waals surface area (Å²) in [5, 5.41) is 3.44. The Bertz CT molecular complexity index is 1170. The van der Waals surface area contributed by atoms with Gasteiger partial charge in [-0.15, -0.1) is 0 Å². The van der Waals surface area contributed by atoms with E-state index >= 15 is 0 Å². The van der Waals surface area contributed by atoms with E-state index in [9.17, 15) is 13.2 Å². The number of benzene rings is 3. The Morgan fingerprint density at radius 3 is 2.29 bits per heavy atom. The second-order valence-electron chi connectivity index (χ2n) is 6.73. The van der Waals surface area contributed by atoms with Gasteiger partial charge in [-0.2, -0.15) is 0 Å². The molecule has 0 aromatic heterocycles. The van der Waals surface area contributed by atoms with Gasteiger partial charge in [-0.1, -0.05) is 53.5 Å². The molecule has 9 heteroatoms. The third kappa shape index (κ3) is 6.70. The number of hydrogen-bond acceptors (Lipinski definition) is 4. The molecule has 1 amide bonds. The summed E-state index contributed by atoms with van der Waals surface area (Å²) in [5.74, 6) is 0.000227. The number of amides is 1. The van der Waals surface area contributed by atoms with Gasteiger partial charge in [-0.3, -0.25) is 4.79 Å². The lowest BCUT2D eigenvalue weighted by molar-refractivity contribution is -0.118. The molecule has 3 aromatic carbocycles. The first-order valence-corrected chi connectivity index (χ1v) is 11.5. The van der Waals surface area contributed by atoms with Crippen molar-refractivity contribution in [1.29, 1.82) is 0 Å². The van der Waals surface area contributed by atoms with E-state index in [4.69, 9.17) is 27.9 Å². The topological polar surface area (TPSA) is 84.5 Å². The van der Waals surface area contributed by atoms with Crippen LogP contribution in [0.2, 0.25) is 10.0 Å². The van der Waals surface area contributed by atoms with Gasteiger partial charge in [0.2, 0.25) is 10.0 Å². The van der Waals surface area contributed by atoms with Crippen molar-refractivity contribution in [2.45, 2.75) is 18.4 Å². The Morgan fingerprint density at radius 1 is 0.968 bits per heavy atom. The maximum absolute atomic E-state index is 12.6. The van der Waals surface area contributed by atoms with Crippen LogP contribution in [0, 0.1) is 6.92 Å². The summed E-state index contributed by atoms with van der Waals surface area (Å²) >= 11 is 11.8. The van der Waals surface area contributed by atoms with Crippen LogP contribution in [0.3, 0.4) is 0 Å². The van der Waals surface area contributed by atoms with Crippen molar-refractivity contribution >= 4 is 44.8 Å². The highest BCUT2D eigenvalue weighted by Gasteiger charge is 2.16. The first-order valence-electron chi connectivity index (χ1n) is 9.26. The Morgan fingerprint density at radius 2 is 1.65 bits per heavy atom. The van der Waals surface area contributed by atoms with Gasteiger partial charge in [0.05, 0.1) is 4.90 Å². The van der Waals surface area contributed by atoms with Gasteiger partial charge in [0.15, 0.2) is 6.61 Å². The van der Waals surface area contributed by atoms with E-state index < -0.39 is 15.9 Å². The van der Waals surface area contributed by atoms with Gasteiger partial charge < -0.3 is 10.1 Å². The number of sulfonamides is 1. The highest BCUT2D eigenvalue weighted by molar-refractivity contribution is 7.89. The molecule has 0 aliphatic heterocycles. The van der Waals surface area contributed by atoms with Crippen molar-refractivity contribution < 1.29 is 17.9 Å². The molecule has 3 aromatic rings. The lowest BCUT2D eigenvalue weighted by Crippen LogP contribution is -2.23. The average molecular weight is 479 g/mol. The summed E-state index contributed by atoms with van der Waals surface area (Å²) in [7, 11) is -3.69. The Balaban J connectivity index is 1.60. The fraction of sp³-hybridized carbons (Fsp3) is 0.136. The van der Waals surface area contributed by atoms with E-state index in [-0.39, 0.29) is 18.0 Å². The Labute approximate surface area is 191 Å². The Hall–Kier alpha value is -2.58. The first kappa shape index (κ1) is 23.1. The van der Waals surface area contributed by atoms with Crippen molar-refractivity contribution in [2.75, 3.05) is 11.9 Å². The molecular formula is C22H20Cl2N2O4S. The van der Waals surface area contributed by atoms with E-state index in [1.165, 1.54) is 18.2 Å². The molecule has 0 atom stereocenters. The third-order valence-corrected chi connectivity index (χ3v) is 6.11. The minimum Gasteiger partial charge on any atom is -0.483 e. The van der Waals surface area contributed by atoms with E-state index in [0.717, 1.165) is 5.56 Å². The molecule has 0 aliphatic carbocycles. The number of aryl methyl sites for hydroxylation is 1. The van der Waals surface area contributed by atoms with Crippen molar-refractivity contribution in [3.05, 3.63) is 87.9 Å². The van der Waals surface area contributed by atoms with E-state index in [0.29, 0.717) is 27.0 Å². The number of rotatable bonds is 8. The fourth-order valence-corrected chi connectivity index (χ4v) is 4.40. The molecule has 3 rings (SSSR count). The summed E-state index contributed by atoms with van der Waals surface area (Å²) in [6.45, 7) is 1.64. The lowest BCUT2D eigenvalue weighted by Gasteiger charge is -2.12. The second kappa shape index (κ2) is 10.2. The molecule has 0 heterocycles. The smallest absolute Gasteiger partial charge is 0.262 e. The zero-order valence-electron chi connectivity index (χ0n) is 16.6. The SMILES string of the molecule is Cc1cc(S(=O)(=O)NCc2ccccc2)ccc1OCC(=O)Nc1cc(Cl)cc(Cl)c1.